The number of rotatable bonds is 5. The minimum Gasteiger partial charge on any atom is -0.399 e. The highest BCUT2D eigenvalue weighted by atomic mass is 32.1. The van der Waals surface area contributed by atoms with Crippen LogP contribution in [0.15, 0.2) is 36.4 Å². The number of carbonyl (C=O) groups excluding carboxylic acids is 2. The van der Waals surface area contributed by atoms with Gasteiger partial charge in [-0.05, 0) is 68.6 Å². The molecule has 2 amide bonds. The van der Waals surface area contributed by atoms with Gasteiger partial charge < -0.3 is 19.4 Å². The molecular formula is C23H29N3O3S. The highest BCUT2D eigenvalue weighted by Gasteiger charge is 2.31. The Labute approximate surface area is 182 Å². The van der Waals surface area contributed by atoms with Gasteiger partial charge in [-0.25, -0.2) is 4.79 Å². The van der Waals surface area contributed by atoms with E-state index in [2.05, 4.69) is 9.80 Å². The smallest absolute Gasteiger partial charge is 0.399 e. The molecule has 160 valence electrons. The number of ether oxygens (including phenoxy) is 1. The van der Waals surface area contributed by atoms with Crippen LogP contribution >= 0.6 is 11.3 Å². The Morgan fingerprint density at radius 1 is 1.03 bits per heavy atom. The second-order valence-corrected chi connectivity index (χ2v) is 9.31. The Morgan fingerprint density at radius 2 is 1.77 bits per heavy atom. The van der Waals surface area contributed by atoms with E-state index < -0.39 is 6.09 Å². The number of thiophene rings is 1. The van der Waals surface area contributed by atoms with E-state index in [1.807, 2.05) is 30.3 Å². The molecule has 0 bridgehead atoms. The number of nitrogens with zero attached hydrogens (tertiary/aromatic N) is 3. The number of carbonyl (C=O) groups is 2. The zero-order valence-electron chi connectivity index (χ0n) is 17.7. The molecule has 2 saturated heterocycles. The fourth-order valence-electron chi connectivity index (χ4n) is 4.21. The number of benzene rings is 1. The predicted octanol–water partition coefficient (Wildman–Crippen LogP) is 4.18. The Kier molecular flexibility index (Phi) is 6.39. The second kappa shape index (κ2) is 9.18. The van der Waals surface area contributed by atoms with E-state index >= 15 is 0 Å². The first kappa shape index (κ1) is 20.9. The van der Waals surface area contributed by atoms with Crippen molar-refractivity contribution < 1.29 is 14.3 Å². The van der Waals surface area contributed by atoms with Gasteiger partial charge in [0.2, 0.25) is 0 Å². The maximum absolute atomic E-state index is 13.1. The van der Waals surface area contributed by atoms with Crippen molar-refractivity contribution in [3.63, 3.8) is 0 Å². The molecule has 0 saturated carbocycles. The molecule has 4 rings (SSSR count). The maximum Gasteiger partial charge on any atom is 0.415 e. The lowest BCUT2D eigenvalue weighted by molar-refractivity contribution is 0.0708. The van der Waals surface area contributed by atoms with Crippen molar-refractivity contribution in [1.29, 1.82) is 0 Å². The maximum atomic E-state index is 13.1. The summed E-state index contributed by atoms with van der Waals surface area (Å²) in [6, 6.07) is 11.8. The second-order valence-electron chi connectivity index (χ2n) is 8.26. The van der Waals surface area contributed by atoms with Gasteiger partial charge in [0.05, 0.1) is 0 Å². The van der Waals surface area contributed by atoms with Crippen molar-refractivity contribution in [1.82, 2.24) is 14.7 Å². The van der Waals surface area contributed by atoms with Gasteiger partial charge in [-0.3, -0.25) is 4.79 Å². The van der Waals surface area contributed by atoms with Gasteiger partial charge in [0.25, 0.3) is 5.91 Å². The summed E-state index contributed by atoms with van der Waals surface area (Å²) >= 11 is 1.42. The molecule has 30 heavy (non-hydrogen) atoms. The van der Waals surface area contributed by atoms with Crippen LogP contribution in [-0.4, -0.2) is 73.0 Å². The highest BCUT2D eigenvalue weighted by Crippen LogP contribution is 2.33. The Balaban J connectivity index is 1.41. The summed E-state index contributed by atoms with van der Waals surface area (Å²) in [6.45, 7) is 4.19. The van der Waals surface area contributed by atoms with Crippen molar-refractivity contribution in [2.45, 2.75) is 31.7 Å². The summed E-state index contributed by atoms with van der Waals surface area (Å²) in [5.41, 5.74) is 1.75. The molecule has 6 nitrogen and oxygen atoms in total. The third-order valence-corrected chi connectivity index (χ3v) is 6.87. The molecule has 0 aliphatic carbocycles. The first-order valence-electron chi connectivity index (χ1n) is 10.6. The highest BCUT2D eigenvalue weighted by molar-refractivity contribution is 7.17. The van der Waals surface area contributed by atoms with Gasteiger partial charge in [-0.15, -0.1) is 0 Å². The monoisotopic (exact) mass is 427 g/mol. The van der Waals surface area contributed by atoms with E-state index in [4.69, 9.17) is 4.74 Å². The number of hydrogen-bond donors (Lipinski definition) is 0. The Bertz CT molecular complexity index is 887. The van der Waals surface area contributed by atoms with Crippen LogP contribution in [0.1, 0.15) is 36.0 Å². The number of amides is 2. The first-order valence-corrected chi connectivity index (χ1v) is 11.5. The van der Waals surface area contributed by atoms with Gasteiger partial charge in [0.15, 0.2) is 5.06 Å². The molecule has 0 N–H and O–H groups in total. The molecule has 3 heterocycles. The van der Waals surface area contributed by atoms with E-state index in [9.17, 15) is 9.59 Å². The van der Waals surface area contributed by atoms with Crippen molar-refractivity contribution >= 4 is 23.3 Å². The topological polar surface area (TPSA) is 53.1 Å². The summed E-state index contributed by atoms with van der Waals surface area (Å²) in [5.74, 6) is 0.134. The molecule has 2 aliphatic heterocycles. The molecule has 1 aromatic carbocycles. The average Bonchev–Trinajstić information content (AvgIpc) is 3.50. The third kappa shape index (κ3) is 4.68. The third-order valence-electron chi connectivity index (χ3n) is 5.86. The van der Waals surface area contributed by atoms with Crippen molar-refractivity contribution in [3.05, 3.63) is 42.0 Å². The van der Waals surface area contributed by atoms with Gasteiger partial charge in [-0.2, -0.15) is 0 Å². The molecular weight excluding hydrogens is 398 g/mol. The molecule has 0 unspecified atom stereocenters. The molecule has 1 aromatic heterocycles. The largest absolute Gasteiger partial charge is 0.415 e. The summed E-state index contributed by atoms with van der Waals surface area (Å²) in [6.07, 6.45) is 4.36. The van der Waals surface area contributed by atoms with Crippen molar-refractivity contribution in [2.75, 3.05) is 40.3 Å². The molecule has 2 aliphatic rings. The fraction of sp³-hybridized carbons (Fsp3) is 0.478. The minimum absolute atomic E-state index is 0.134. The molecule has 7 heteroatoms. The minimum atomic E-state index is -0.390. The van der Waals surface area contributed by atoms with E-state index in [1.165, 1.54) is 42.2 Å². The van der Waals surface area contributed by atoms with Crippen molar-refractivity contribution in [3.8, 4) is 15.5 Å². The SMILES string of the molecule is CN(C)C(=O)Oc1ccc(-c2ccc(C(=O)N3CCC[C@H]3CN3CCCC3)cc2)s1. The summed E-state index contributed by atoms with van der Waals surface area (Å²) in [7, 11) is 3.31. The van der Waals surface area contributed by atoms with Crippen LogP contribution in [0.25, 0.3) is 10.4 Å². The Morgan fingerprint density at radius 3 is 2.47 bits per heavy atom. The summed E-state index contributed by atoms with van der Waals surface area (Å²) < 4.78 is 5.31. The van der Waals surface area contributed by atoms with Crippen molar-refractivity contribution in [2.24, 2.45) is 0 Å². The van der Waals surface area contributed by atoms with Crippen LogP contribution in [0.5, 0.6) is 5.06 Å². The predicted molar refractivity (Wildman–Crippen MR) is 119 cm³/mol. The van der Waals surface area contributed by atoms with Crippen LogP contribution in [0.2, 0.25) is 0 Å². The number of likely N-dealkylation sites (tertiary alicyclic amines) is 2. The fourth-order valence-corrected chi connectivity index (χ4v) is 5.06. The first-order chi connectivity index (χ1) is 14.5. The quantitative estimate of drug-likeness (QED) is 0.719. The lowest BCUT2D eigenvalue weighted by Crippen LogP contribution is -2.42. The van der Waals surface area contributed by atoms with E-state index in [1.54, 1.807) is 20.2 Å². The molecule has 2 aromatic rings. The molecule has 2 fully saturated rings. The number of hydrogen-bond acceptors (Lipinski definition) is 5. The standard InChI is InChI=1S/C23H29N3O3S/c1-24(2)23(28)29-21-12-11-20(30-21)17-7-9-18(10-8-17)22(27)26-15-5-6-19(26)16-25-13-3-4-14-25/h7-12,19H,3-6,13-16H2,1-2H3/t19-/m0/s1. The van der Waals surface area contributed by atoms with E-state index in [-0.39, 0.29) is 5.91 Å². The molecule has 0 radical (unpaired) electrons. The van der Waals surface area contributed by atoms with Gasteiger partial charge in [-0.1, -0.05) is 23.5 Å². The van der Waals surface area contributed by atoms with Crippen LogP contribution in [-0.2, 0) is 0 Å². The molecule has 1 atom stereocenters. The Hall–Kier alpha value is -2.38. The van der Waals surface area contributed by atoms with Crippen LogP contribution < -0.4 is 4.74 Å². The summed E-state index contributed by atoms with van der Waals surface area (Å²) in [5, 5.41) is 0.561. The van der Waals surface area contributed by atoms with Gasteiger partial charge >= 0.3 is 6.09 Å². The van der Waals surface area contributed by atoms with Gasteiger partial charge in [0, 0.05) is 43.7 Å². The zero-order valence-corrected chi connectivity index (χ0v) is 18.5. The lowest BCUT2D eigenvalue weighted by Gasteiger charge is -2.28. The van der Waals surface area contributed by atoms with Gasteiger partial charge in [0.1, 0.15) is 0 Å². The summed E-state index contributed by atoms with van der Waals surface area (Å²) in [4.78, 5) is 31.8. The van der Waals surface area contributed by atoms with Crippen LogP contribution in [0, 0.1) is 0 Å². The molecule has 0 spiro atoms. The normalized spacial score (nSPS) is 19.3. The van der Waals surface area contributed by atoms with E-state index in [0.717, 1.165) is 41.9 Å². The van der Waals surface area contributed by atoms with E-state index in [0.29, 0.717) is 11.1 Å². The van der Waals surface area contributed by atoms with Crippen LogP contribution in [0.3, 0.4) is 0 Å². The zero-order chi connectivity index (χ0) is 21.1. The average molecular weight is 428 g/mol. The van der Waals surface area contributed by atoms with Crippen LogP contribution in [0.4, 0.5) is 4.79 Å². The lowest BCUT2D eigenvalue weighted by atomic mass is 10.1.